The summed E-state index contributed by atoms with van der Waals surface area (Å²) in [7, 11) is 0. The number of fused-ring (bicyclic) bond motifs is 1. The lowest BCUT2D eigenvalue weighted by atomic mass is 10.3. The van der Waals surface area contributed by atoms with Gasteiger partial charge in [-0.15, -0.1) is 0 Å². The highest BCUT2D eigenvalue weighted by atomic mass is 35.5. The highest BCUT2D eigenvalue weighted by Gasteiger charge is 2.14. The third kappa shape index (κ3) is 2.35. The lowest BCUT2D eigenvalue weighted by Crippen LogP contribution is -2.25. The average molecular weight is 292 g/mol. The number of oxazole rings is 1. The number of halogens is 1. The summed E-state index contributed by atoms with van der Waals surface area (Å²) in [5.41, 5.74) is 7.66. The second-order valence-corrected chi connectivity index (χ2v) is 4.96. The van der Waals surface area contributed by atoms with E-state index in [1.807, 2.05) is 19.2 Å². The first-order valence-electron chi connectivity index (χ1n) is 6.24. The summed E-state index contributed by atoms with van der Waals surface area (Å²) in [6, 6.07) is 5.87. The van der Waals surface area contributed by atoms with Gasteiger partial charge in [-0.25, -0.2) is 4.68 Å². The van der Waals surface area contributed by atoms with Crippen LogP contribution in [0.3, 0.4) is 0 Å². The number of nitrogens with one attached hydrogen (secondary N) is 1. The molecule has 0 aliphatic carbocycles. The van der Waals surface area contributed by atoms with Crippen LogP contribution in [0.4, 0.5) is 6.01 Å². The summed E-state index contributed by atoms with van der Waals surface area (Å²) < 4.78 is 7.36. The molecule has 2 aromatic heterocycles. The first-order chi connectivity index (χ1) is 9.67. The van der Waals surface area contributed by atoms with Crippen LogP contribution < -0.4 is 11.1 Å². The van der Waals surface area contributed by atoms with Crippen molar-refractivity contribution >= 4 is 28.7 Å². The highest BCUT2D eigenvalue weighted by molar-refractivity contribution is 6.31. The minimum atomic E-state index is 0.0756. The van der Waals surface area contributed by atoms with Crippen LogP contribution in [0.25, 0.3) is 16.8 Å². The van der Waals surface area contributed by atoms with Gasteiger partial charge in [0.25, 0.3) is 6.01 Å². The molecule has 0 spiro atoms. The Labute approximate surface area is 120 Å². The minimum Gasteiger partial charge on any atom is -0.423 e. The molecule has 2 heterocycles. The molecule has 0 aliphatic heterocycles. The number of rotatable bonds is 4. The highest BCUT2D eigenvalue weighted by Crippen LogP contribution is 2.28. The van der Waals surface area contributed by atoms with Gasteiger partial charge in [0.2, 0.25) is 0 Å². The van der Waals surface area contributed by atoms with E-state index in [0.717, 1.165) is 5.69 Å². The quantitative estimate of drug-likeness (QED) is 0.771. The van der Waals surface area contributed by atoms with Gasteiger partial charge in [0, 0.05) is 36.1 Å². The lowest BCUT2D eigenvalue weighted by Gasteiger charge is -2.07. The molecule has 7 heteroatoms. The summed E-state index contributed by atoms with van der Waals surface area (Å²) in [6.45, 7) is 2.45. The third-order valence-corrected chi connectivity index (χ3v) is 3.13. The number of nitrogens with zero attached hydrogens (tertiary/aromatic N) is 3. The van der Waals surface area contributed by atoms with E-state index < -0.39 is 0 Å². The number of aromatic nitrogens is 3. The van der Waals surface area contributed by atoms with Gasteiger partial charge in [-0.2, -0.15) is 10.1 Å². The molecule has 0 bridgehead atoms. The van der Waals surface area contributed by atoms with Gasteiger partial charge in [-0.05, 0) is 19.1 Å². The predicted octanol–water partition coefficient (Wildman–Crippen LogP) is 2.43. The van der Waals surface area contributed by atoms with Crippen molar-refractivity contribution in [1.29, 1.82) is 0 Å². The fourth-order valence-electron chi connectivity index (χ4n) is 1.90. The van der Waals surface area contributed by atoms with E-state index >= 15 is 0 Å². The van der Waals surface area contributed by atoms with Crippen LogP contribution in [0.1, 0.15) is 6.92 Å². The molecule has 0 fully saturated rings. The second-order valence-electron chi connectivity index (χ2n) is 4.52. The molecule has 3 rings (SSSR count). The number of anilines is 1. The molecular formula is C13H14ClN5O. The van der Waals surface area contributed by atoms with Crippen molar-refractivity contribution in [3.05, 3.63) is 35.6 Å². The van der Waals surface area contributed by atoms with E-state index in [0.29, 0.717) is 28.7 Å². The predicted molar refractivity (Wildman–Crippen MR) is 78.3 cm³/mol. The summed E-state index contributed by atoms with van der Waals surface area (Å²) in [6.07, 6.45) is 3.53. The van der Waals surface area contributed by atoms with Crippen molar-refractivity contribution in [3.8, 4) is 5.69 Å². The summed E-state index contributed by atoms with van der Waals surface area (Å²) in [5.74, 6) is 0. The summed E-state index contributed by atoms with van der Waals surface area (Å²) in [4.78, 5) is 4.44. The maximum Gasteiger partial charge on any atom is 0.296 e. The molecule has 0 amide bonds. The standard InChI is InChI=1S/C13H14ClN5O/c1-8(7-15)17-13-18-12-10(19-4-2-3-16-19)5-9(14)6-11(12)20-13/h2-6,8H,7,15H2,1H3,(H,17,18)/t8-/m0/s1. The van der Waals surface area contributed by atoms with Crippen LogP contribution in [0, 0.1) is 0 Å². The Bertz CT molecular complexity index is 722. The molecule has 3 aromatic rings. The smallest absolute Gasteiger partial charge is 0.296 e. The van der Waals surface area contributed by atoms with Crippen LogP contribution >= 0.6 is 11.6 Å². The van der Waals surface area contributed by atoms with Crippen molar-refractivity contribution in [2.24, 2.45) is 5.73 Å². The SMILES string of the molecule is C[C@@H](CN)Nc1nc2c(-n3cccn3)cc(Cl)cc2o1. The Hall–Kier alpha value is -2.05. The van der Waals surface area contributed by atoms with Crippen molar-refractivity contribution in [1.82, 2.24) is 14.8 Å². The van der Waals surface area contributed by atoms with Crippen molar-refractivity contribution in [3.63, 3.8) is 0 Å². The van der Waals surface area contributed by atoms with E-state index in [4.69, 9.17) is 21.8 Å². The fourth-order valence-corrected chi connectivity index (χ4v) is 2.10. The van der Waals surface area contributed by atoms with Gasteiger partial charge in [0.05, 0.1) is 5.69 Å². The Morgan fingerprint density at radius 1 is 1.50 bits per heavy atom. The molecule has 0 saturated heterocycles. The third-order valence-electron chi connectivity index (χ3n) is 2.91. The number of benzene rings is 1. The van der Waals surface area contributed by atoms with E-state index in [1.165, 1.54) is 0 Å². The Morgan fingerprint density at radius 3 is 3.05 bits per heavy atom. The zero-order chi connectivity index (χ0) is 14.1. The molecule has 1 atom stereocenters. The first kappa shape index (κ1) is 13.0. The van der Waals surface area contributed by atoms with Crippen LogP contribution in [0.15, 0.2) is 35.0 Å². The normalized spacial score (nSPS) is 12.8. The van der Waals surface area contributed by atoms with Crippen LogP contribution in [-0.2, 0) is 0 Å². The minimum absolute atomic E-state index is 0.0756. The maximum atomic E-state index is 6.11. The maximum absolute atomic E-state index is 6.11. The van der Waals surface area contributed by atoms with Crippen molar-refractivity contribution < 1.29 is 4.42 Å². The van der Waals surface area contributed by atoms with Crippen LogP contribution in [-0.4, -0.2) is 27.4 Å². The fraction of sp³-hybridized carbons (Fsp3) is 0.231. The molecule has 0 unspecified atom stereocenters. The lowest BCUT2D eigenvalue weighted by molar-refractivity contribution is 0.600. The Balaban J connectivity index is 2.11. The van der Waals surface area contributed by atoms with Crippen molar-refractivity contribution in [2.45, 2.75) is 13.0 Å². The van der Waals surface area contributed by atoms with E-state index in [1.54, 1.807) is 23.0 Å². The largest absolute Gasteiger partial charge is 0.423 e. The topological polar surface area (TPSA) is 81.9 Å². The number of hydrogen-bond acceptors (Lipinski definition) is 5. The van der Waals surface area contributed by atoms with Gasteiger partial charge in [-0.3, -0.25) is 0 Å². The molecule has 1 aromatic carbocycles. The average Bonchev–Trinajstić information content (AvgIpc) is 3.06. The molecule has 0 saturated carbocycles. The molecule has 104 valence electrons. The van der Waals surface area contributed by atoms with Crippen LogP contribution in [0.2, 0.25) is 5.02 Å². The number of hydrogen-bond donors (Lipinski definition) is 2. The van der Waals surface area contributed by atoms with Gasteiger partial charge >= 0.3 is 0 Å². The van der Waals surface area contributed by atoms with E-state index in [9.17, 15) is 0 Å². The van der Waals surface area contributed by atoms with Gasteiger partial charge in [-0.1, -0.05) is 11.6 Å². The van der Waals surface area contributed by atoms with E-state index in [-0.39, 0.29) is 6.04 Å². The second kappa shape index (κ2) is 5.15. The molecule has 0 radical (unpaired) electrons. The zero-order valence-electron chi connectivity index (χ0n) is 10.9. The molecule has 6 nitrogen and oxygen atoms in total. The summed E-state index contributed by atoms with van der Waals surface area (Å²) >= 11 is 6.11. The Kier molecular flexibility index (Phi) is 3.33. The van der Waals surface area contributed by atoms with Gasteiger partial charge < -0.3 is 15.5 Å². The Morgan fingerprint density at radius 2 is 2.35 bits per heavy atom. The first-order valence-corrected chi connectivity index (χ1v) is 6.62. The van der Waals surface area contributed by atoms with Crippen LogP contribution in [0.5, 0.6) is 0 Å². The molecule has 0 aliphatic rings. The van der Waals surface area contributed by atoms with Gasteiger partial charge in [0.1, 0.15) is 5.52 Å². The molecule has 3 N–H and O–H groups in total. The number of nitrogens with two attached hydrogens (primary N) is 1. The van der Waals surface area contributed by atoms with Crippen molar-refractivity contribution in [2.75, 3.05) is 11.9 Å². The zero-order valence-corrected chi connectivity index (χ0v) is 11.6. The van der Waals surface area contributed by atoms with Gasteiger partial charge in [0.15, 0.2) is 5.58 Å². The molecule has 20 heavy (non-hydrogen) atoms. The summed E-state index contributed by atoms with van der Waals surface area (Å²) in [5, 5.41) is 7.86. The molecular weight excluding hydrogens is 278 g/mol. The monoisotopic (exact) mass is 291 g/mol. The van der Waals surface area contributed by atoms with E-state index in [2.05, 4.69) is 15.4 Å².